The number of rotatable bonds is 9. The van der Waals surface area contributed by atoms with E-state index in [2.05, 4.69) is 26.6 Å². The summed E-state index contributed by atoms with van der Waals surface area (Å²) in [4.78, 5) is 15.0. The standard InChI is InChI=1S/C23H24BrClN2O2/c1-29-15-5-14-27(23(28)18-9-11-20(24)12-10-18)17-21-7-4-13-26(21)16-19-6-2-3-8-22(19)25/h2-4,6-13H,5,14-17H2,1H3. The zero-order valence-electron chi connectivity index (χ0n) is 16.4. The van der Waals surface area contributed by atoms with Gasteiger partial charge in [0, 0.05) is 53.8 Å². The molecule has 3 rings (SSSR count). The van der Waals surface area contributed by atoms with Crippen molar-refractivity contribution in [2.45, 2.75) is 19.5 Å². The third-order valence-electron chi connectivity index (χ3n) is 4.73. The maximum absolute atomic E-state index is 13.1. The molecule has 0 saturated carbocycles. The van der Waals surface area contributed by atoms with E-state index in [-0.39, 0.29) is 5.91 Å². The first-order chi connectivity index (χ1) is 14.1. The summed E-state index contributed by atoms with van der Waals surface area (Å²) in [5.74, 6) is 0.0131. The minimum atomic E-state index is 0.0131. The molecule has 0 fully saturated rings. The first-order valence-corrected chi connectivity index (χ1v) is 10.7. The van der Waals surface area contributed by atoms with Gasteiger partial charge in [-0.05, 0) is 54.4 Å². The van der Waals surface area contributed by atoms with E-state index in [0.717, 1.165) is 27.2 Å². The van der Waals surface area contributed by atoms with Crippen LogP contribution in [0.3, 0.4) is 0 Å². The fraction of sp³-hybridized carbons (Fsp3) is 0.261. The van der Waals surface area contributed by atoms with Crippen LogP contribution in [0.4, 0.5) is 0 Å². The average Bonchev–Trinajstić information content (AvgIpc) is 3.16. The first-order valence-electron chi connectivity index (χ1n) is 9.49. The summed E-state index contributed by atoms with van der Waals surface area (Å²) in [5.41, 5.74) is 2.79. The molecule has 0 aliphatic heterocycles. The highest BCUT2D eigenvalue weighted by atomic mass is 79.9. The van der Waals surface area contributed by atoms with Crippen LogP contribution in [0, 0.1) is 0 Å². The molecule has 0 N–H and O–H groups in total. The normalized spacial score (nSPS) is 10.9. The van der Waals surface area contributed by atoms with Crippen LogP contribution < -0.4 is 0 Å². The van der Waals surface area contributed by atoms with Crippen molar-refractivity contribution in [3.8, 4) is 0 Å². The number of halogens is 2. The van der Waals surface area contributed by atoms with E-state index in [1.165, 1.54) is 0 Å². The van der Waals surface area contributed by atoms with Gasteiger partial charge < -0.3 is 14.2 Å². The van der Waals surface area contributed by atoms with Crippen LogP contribution in [0.1, 0.15) is 28.0 Å². The molecule has 4 nitrogen and oxygen atoms in total. The predicted octanol–water partition coefficient (Wildman–Crippen LogP) is 5.63. The highest BCUT2D eigenvalue weighted by Gasteiger charge is 2.18. The molecule has 0 aliphatic carbocycles. The fourth-order valence-corrected chi connectivity index (χ4v) is 3.64. The van der Waals surface area contributed by atoms with E-state index in [4.69, 9.17) is 16.3 Å². The lowest BCUT2D eigenvalue weighted by atomic mass is 10.2. The molecule has 2 aromatic carbocycles. The van der Waals surface area contributed by atoms with E-state index < -0.39 is 0 Å². The van der Waals surface area contributed by atoms with Crippen molar-refractivity contribution in [1.82, 2.24) is 9.47 Å². The Morgan fingerprint density at radius 1 is 1.10 bits per heavy atom. The Morgan fingerprint density at radius 2 is 1.86 bits per heavy atom. The van der Waals surface area contributed by atoms with Gasteiger partial charge in [0.1, 0.15) is 0 Å². The van der Waals surface area contributed by atoms with E-state index >= 15 is 0 Å². The molecule has 1 aromatic heterocycles. The van der Waals surface area contributed by atoms with Crippen molar-refractivity contribution in [2.24, 2.45) is 0 Å². The summed E-state index contributed by atoms with van der Waals surface area (Å²) in [6.07, 6.45) is 2.81. The van der Waals surface area contributed by atoms with Gasteiger partial charge in [-0.25, -0.2) is 0 Å². The van der Waals surface area contributed by atoms with Gasteiger partial charge in [0.15, 0.2) is 0 Å². The minimum absolute atomic E-state index is 0.0131. The van der Waals surface area contributed by atoms with Gasteiger partial charge in [-0.15, -0.1) is 0 Å². The topological polar surface area (TPSA) is 34.5 Å². The summed E-state index contributed by atoms with van der Waals surface area (Å²) in [6.45, 7) is 2.43. The molecular formula is C23H24BrClN2O2. The molecule has 0 atom stereocenters. The molecule has 3 aromatic rings. The average molecular weight is 476 g/mol. The molecule has 0 spiro atoms. The van der Waals surface area contributed by atoms with E-state index in [1.807, 2.05) is 65.7 Å². The van der Waals surface area contributed by atoms with Gasteiger partial charge in [-0.3, -0.25) is 4.79 Å². The van der Waals surface area contributed by atoms with Gasteiger partial charge in [-0.1, -0.05) is 45.7 Å². The van der Waals surface area contributed by atoms with E-state index in [0.29, 0.717) is 31.8 Å². The zero-order chi connectivity index (χ0) is 20.6. The summed E-state index contributed by atoms with van der Waals surface area (Å²) < 4.78 is 8.27. The molecule has 0 saturated heterocycles. The van der Waals surface area contributed by atoms with Gasteiger partial charge in [-0.2, -0.15) is 0 Å². The minimum Gasteiger partial charge on any atom is -0.385 e. The maximum Gasteiger partial charge on any atom is 0.254 e. The number of carbonyl (C=O) groups excluding carboxylic acids is 1. The number of nitrogens with zero attached hydrogens (tertiary/aromatic N) is 2. The second-order valence-electron chi connectivity index (χ2n) is 6.80. The molecule has 1 amide bonds. The lowest BCUT2D eigenvalue weighted by Crippen LogP contribution is -2.33. The number of methoxy groups -OCH3 is 1. The molecule has 6 heteroatoms. The summed E-state index contributed by atoms with van der Waals surface area (Å²) >= 11 is 9.75. The van der Waals surface area contributed by atoms with Crippen molar-refractivity contribution in [3.63, 3.8) is 0 Å². The SMILES string of the molecule is COCCCN(Cc1cccn1Cc1ccccc1Cl)C(=O)c1ccc(Br)cc1. The molecular weight excluding hydrogens is 452 g/mol. The van der Waals surface area contributed by atoms with Crippen molar-refractivity contribution >= 4 is 33.4 Å². The highest BCUT2D eigenvalue weighted by molar-refractivity contribution is 9.10. The van der Waals surface area contributed by atoms with Gasteiger partial charge >= 0.3 is 0 Å². The second-order valence-corrected chi connectivity index (χ2v) is 8.12. The molecule has 0 radical (unpaired) electrons. The molecule has 1 heterocycles. The molecule has 0 unspecified atom stereocenters. The largest absolute Gasteiger partial charge is 0.385 e. The van der Waals surface area contributed by atoms with Crippen LogP contribution in [0.25, 0.3) is 0 Å². The quantitative estimate of drug-likeness (QED) is 0.376. The van der Waals surface area contributed by atoms with Crippen LogP contribution in [0.5, 0.6) is 0 Å². The highest BCUT2D eigenvalue weighted by Crippen LogP contribution is 2.19. The summed E-state index contributed by atoms with van der Waals surface area (Å²) in [7, 11) is 1.68. The Kier molecular flexibility index (Phi) is 7.92. The lowest BCUT2D eigenvalue weighted by molar-refractivity contribution is 0.0720. The van der Waals surface area contributed by atoms with E-state index in [9.17, 15) is 4.79 Å². The fourth-order valence-electron chi connectivity index (χ4n) is 3.18. The van der Waals surface area contributed by atoms with Crippen molar-refractivity contribution in [3.05, 3.63) is 93.2 Å². The Hall–Kier alpha value is -2.08. The maximum atomic E-state index is 13.1. The third-order valence-corrected chi connectivity index (χ3v) is 5.63. The number of ether oxygens (including phenoxy) is 1. The smallest absolute Gasteiger partial charge is 0.254 e. The Balaban J connectivity index is 1.79. The van der Waals surface area contributed by atoms with E-state index in [1.54, 1.807) is 7.11 Å². The predicted molar refractivity (Wildman–Crippen MR) is 120 cm³/mol. The Morgan fingerprint density at radius 3 is 2.59 bits per heavy atom. The van der Waals surface area contributed by atoms with Crippen molar-refractivity contribution in [2.75, 3.05) is 20.3 Å². The monoisotopic (exact) mass is 474 g/mol. The summed E-state index contributed by atoms with van der Waals surface area (Å²) in [6, 6.07) is 19.4. The number of carbonyl (C=O) groups is 1. The third kappa shape index (κ3) is 5.95. The molecule has 0 bridgehead atoms. The van der Waals surface area contributed by atoms with Crippen molar-refractivity contribution < 1.29 is 9.53 Å². The number of hydrogen-bond acceptors (Lipinski definition) is 2. The number of hydrogen-bond donors (Lipinski definition) is 0. The zero-order valence-corrected chi connectivity index (χ0v) is 18.7. The summed E-state index contributed by atoms with van der Waals surface area (Å²) in [5, 5.41) is 0.745. The van der Waals surface area contributed by atoms with Crippen LogP contribution in [-0.4, -0.2) is 35.6 Å². The first kappa shape index (κ1) is 21.6. The van der Waals surface area contributed by atoms with Crippen LogP contribution >= 0.6 is 27.5 Å². The van der Waals surface area contributed by atoms with Crippen LogP contribution in [0.2, 0.25) is 5.02 Å². The lowest BCUT2D eigenvalue weighted by Gasteiger charge is -2.24. The number of amides is 1. The van der Waals surface area contributed by atoms with Crippen LogP contribution in [0.15, 0.2) is 71.3 Å². The molecule has 0 aliphatic rings. The number of aromatic nitrogens is 1. The molecule has 29 heavy (non-hydrogen) atoms. The van der Waals surface area contributed by atoms with Gasteiger partial charge in [0.2, 0.25) is 0 Å². The number of benzene rings is 2. The van der Waals surface area contributed by atoms with Crippen molar-refractivity contribution in [1.29, 1.82) is 0 Å². The Bertz CT molecular complexity index is 940. The van der Waals surface area contributed by atoms with Crippen LogP contribution in [-0.2, 0) is 17.8 Å². The second kappa shape index (κ2) is 10.6. The van der Waals surface area contributed by atoms with Gasteiger partial charge in [0.05, 0.1) is 6.54 Å². The Labute approximate surface area is 185 Å². The van der Waals surface area contributed by atoms with Gasteiger partial charge in [0.25, 0.3) is 5.91 Å². The molecule has 152 valence electrons.